The first-order valence-electron chi connectivity index (χ1n) is 5.03. The topological polar surface area (TPSA) is 50.4 Å². The molecule has 1 heterocycles. The van der Waals surface area contributed by atoms with Crippen LogP contribution in [0.25, 0.3) is 0 Å². The molecule has 0 saturated carbocycles. The molecule has 0 spiro atoms. The van der Waals surface area contributed by atoms with Crippen LogP contribution in [0.4, 0.5) is 4.79 Å². The third kappa shape index (κ3) is 5.23. The van der Waals surface area contributed by atoms with Crippen LogP contribution >= 0.6 is 12.4 Å². The van der Waals surface area contributed by atoms with E-state index in [4.69, 9.17) is 4.74 Å². The van der Waals surface area contributed by atoms with Gasteiger partial charge in [-0.15, -0.1) is 12.4 Å². The lowest BCUT2D eigenvalue weighted by molar-refractivity contribution is 0.0472. The Kier molecular flexibility index (Phi) is 4.87. The minimum Gasteiger partial charge on any atom is -0.444 e. The van der Waals surface area contributed by atoms with Gasteiger partial charge in [0.25, 0.3) is 0 Å². The smallest absolute Gasteiger partial charge is 0.408 e. The Morgan fingerprint density at radius 1 is 1.47 bits per heavy atom. The molecule has 1 atom stereocenters. The highest BCUT2D eigenvalue weighted by molar-refractivity contribution is 5.85. The molecule has 1 saturated heterocycles. The van der Waals surface area contributed by atoms with Gasteiger partial charge in [-0.1, -0.05) is 0 Å². The Balaban J connectivity index is 0.00000196. The van der Waals surface area contributed by atoms with E-state index >= 15 is 0 Å². The van der Waals surface area contributed by atoms with Gasteiger partial charge >= 0.3 is 6.09 Å². The Morgan fingerprint density at radius 2 is 2.07 bits per heavy atom. The second-order valence-electron chi connectivity index (χ2n) is 5.11. The van der Waals surface area contributed by atoms with E-state index in [2.05, 4.69) is 10.6 Å². The Morgan fingerprint density at radius 3 is 2.47 bits per heavy atom. The molecule has 4 nitrogen and oxygen atoms in total. The number of ether oxygens (including phenoxy) is 1. The third-order valence-electron chi connectivity index (χ3n) is 2.17. The van der Waals surface area contributed by atoms with E-state index in [1.54, 1.807) is 0 Å². The molecule has 15 heavy (non-hydrogen) atoms. The summed E-state index contributed by atoms with van der Waals surface area (Å²) in [6.07, 6.45) is 0.621. The Labute approximate surface area is 97.5 Å². The van der Waals surface area contributed by atoms with Crippen molar-refractivity contribution >= 4 is 18.5 Å². The first-order chi connectivity index (χ1) is 6.31. The van der Waals surface area contributed by atoms with Crippen molar-refractivity contribution in [3.8, 4) is 0 Å². The van der Waals surface area contributed by atoms with Gasteiger partial charge < -0.3 is 15.4 Å². The predicted molar refractivity (Wildman–Crippen MR) is 62.5 cm³/mol. The summed E-state index contributed by atoms with van der Waals surface area (Å²) in [6, 6.07) is 0. The molecule has 1 amide bonds. The van der Waals surface area contributed by atoms with Crippen molar-refractivity contribution in [3.05, 3.63) is 0 Å². The highest BCUT2D eigenvalue weighted by atomic mass is 35.5. The third-order valence-corrected chi connectivity index (χ3v) is 2.17. The van der Waals surface area contributed by atoms with E-state index in [9.17, 15) is 4.79 Å². The SMILES string of the molecule is CC1(NC(=O)OC(C)(C)C)CCNC1.Cl. The fraction of sp³-hybridized carbons (Fsp3) is 0.900. The minimum absolute atomic E-state index is 0. The zero-order valence-electron chi connectivity index (χ0n) is 9.85. The number of carbonyl (C=O) groups is 1. The monoisotopic (exact) mass is 236 g/mol. The fourth-order valence-electron chi connectivity index (χ4n) is 1.47. The molecule has 1 aliphatic heterocycles. The number of amides is 1. The van der Waals surface area contributed by atoms with Crippen LogP contribution in [0.3, 0.4) is 0 Å². The van der Waals surface area contributed by atoms with E-state index in [1.165, 1.54) is 0 Å². The summed E-state index contributed by atoms with van der Waals surface area (Å²) in [5, 5.41) is 6.10. The van der Waals surface area contributed by atoms with E-state index in [0.29, 0.717) is 0 Å². The molecule has 0 aromatic carbocycles. The first kappa shape index (κ1) is 14.5. The molecule has 1 fully saturated rings. The van der Waals surface area contributed by atoms with Crippen molar-refractivity contribution in [2.45, 2.75) is 45.3 Å². The number of hydrogen-bond acceptors (Lipinski definition) is 3. The molecular formula is C10H21ClN2O2. The molecule has 1 unspecified atom stereocenters. The predicted octanol–water partition coefficient (Wildman–Crippen LogP) is 1.68. The molecule has 0 aromatic rings. The van der Waals surface area contributed by atoms with Gasteiger partial charge in [-0.2, -0.15) is 0 Å². The number of carbonyl (C=O) groups excluding carboxylic acids is 1. The van der Waals surface area contributed by atoms with Gasteiger partial charge in [0.1, 0.15) is 5.60 Å². The van der Waals surface area contributed by atoms with Crippen molar-refractivity contribution in [1.82, 2.24) is 10.6 Å². The lowest BCUT2D eigenvalue weighted by atomic mass is 10.0. The van der Waals surface area contributed by atoms with Gasteiger partial charge in [0.05, 0.1) is 5.54 Å². The standard InChI is InChI=1S/C10H20N2O2.ClH/c1-9(2,3)14-8(13)12-10(4)5-6-11-7-10;/h11H,5-7H2,1-4H3,(H,12,13);1H. The van der Waals surface area contributed by atoms with Crippen LogP contribution in [0.2, 0.25) is 0 Å². The van der Waals surface area contributed by atoms with Crippen molar-refractivity contribution in [2.24, 2.45) is 0 Å². The summed E-state index contributed by atoms with van der Waals surface area (Å²) in [6.45, 7) is 9.38. The van der Waals surface area contributed by atoms with E-state index in [0.717, 1.165) is 19.5 Å². The summed E-state index contributed by atoms with van der Waals surface area (Å²) in [5.74, 6) is 0. The molecule has 1 aliphatic rings. The minimum atomic E-state index is -0.424. The maximum Gasteiger partial charge on any atom is 0.408 e. The van der Waals surface area contributed by atoms with Crippen molar-refractivity contribution in [2.75, 3.05) is 13.1 Å². The maximum atomic E-state index is 11.5. The van der Waals surface area contributed by atoms with Crippen LogP contribution in [0.15, 0.2) is 0 Å². The van der Waals surface area contributed by atoms with Gasteiger partial charge in [-0.3, -0.25) is 0 Å². The number of rotatable bonds is 1. The molecule has 90 valence electrons. The number of nitrogens with one attached hydrogen (secondary N) is 2. The van der Waals surface area contributed by atoms with Crippen LogP contribution in [-0.2, 0) is 4.74 Å². The number of hydrogen-bond donors (Lipinski definition) is 2. The summed E-state index contributed by atoms with van der Waals surface area (Å²) in [7, 11) is 0. The lowest BCUT2D eigenvalue weighted by Gasteiger charge is -2.27. The molecule has 0 radical (unpaired) electrons. The molecule has 2 N–H and O–H groups in total. The molecule has 0 bridgehead atoms. The van der Waals surface area contributed by atoms with Crippen LogP contribution in [0.1, 0.15) is 34.1 Å². The molecular weight excluding hydrogens is 216 g/mol. The van der Waals surface area contributed by atoms with E-state index in [1.807, 2.05) is 27.7 Å². The highest BCUT2D eigenvalue weighted by Crippen LogP contribution is 2.15. The highest BCUT2D eigenvalue weighted by Gasteiger charge is 2.31. The van der Waals surface area contributed by atoms with Gasteiger partial charge in [0, 0.05) is 6.54 Å². The molecule has 0 aliphatic carbocycles. The summed E-state index contributed by atoms with van der Waals surface area (Å²) >= 11 is 0. The zero-order chi connectivity index (χ0) is 10.8. The van der Waals surface area contributed by atoms with Crippen LogP contribution in [0.5, 0.6) is 0 Å². The first-order valence-corrected chi connectivity index (χ1v) is 5.03. The summed E-state index contributed by atoms with van der Waals surface area (Å²) in [4.78, 5) is 11.5. The second-order valence-corrected chi connectivity index (χ2v) is 5.11. The van der Waals surface area contributed by atoms with Crippen LogP contribution < -0.4 is 10.6 Å². The van der Waals surface area contributed by atoms with E-state index < -0.39 is 5.60 Å². The number of halogens is 1. The quantitative estimate of drug-likeness (QED) is 0.729. The number of alkyl carbamates (subject to hydrolysis) is 1. The molecule has 5 heteroatoms. The summed E-state index contributed by atoms with van der Waals surface area (Å²) in [5.41, 5.74) is -0.575. The van der Waals surface area contributed by atoms with Crippen molar-refractivity contribution < 1.29 is 9.53 Å². The zero-order valence-corrected chi connectivity index (χ0v) is 10.7. The second kappa shape index (κ2) is 5.03. The average Bonchev–Trinajstić information content (AvgIpc) is 2.30. The molecule has 0 aromatic heterocycles. The lowest BCUT2D eigenvalue weighted by Crippen LogP contribution is -2.49. The van der Waals surface area contributed by atoms with E-state index in [-0.39, 0.29) is 24.0 Å². The van der Waals surface area contributed by atoms with Gasteiger partial charge in [0.15, 0.2) is 0 Å². The van der Waals surface area contributed by atoms with Crippen molar-refractivity contribution in [1.29, 1.82) is 0 Å². The van der Waals surface area contributed by atoms with Crippen molar-refractivity contribution in [3.63, 3.8) is 0 Å². The fourth-order valence-corrected chi connectivity index (χ4v) is 1.47. The largest absolute Gasteiger partial charge is 0.444 e. The van der Waals surface area contributed by atoms with Crippen LogP contribution in [-0.4, -0.2) is 30.3 Å². The normalized spacial score (nSPS) is 25.6. The van der Waals surface area contributed by atoms with Gasteiger partial charge in [0.2, 0.25) is 0 Å². The molecule has 1 rings (SSSR count). The maximum absolute atomic E-state index is 11.5. The Hall–Kier alpha value is -0.480. The van der Waals surface area contributed by atoms with Gasteiger partial charge in [-0.25, -0.2) is 4.79 Å². The Bertz CT molecular complexity index is 220. The average molecular weight is 237 g/mol. The van der Waals surface area contributed by atoms with Crippen LogP contribution in [0, 0.1) is 0 Å². The van der Waals surface area contributed by atoms with Gasteiger partial charge in [-0.05, 0) is 40.7 Å². The summed E-state index contributed by atoms with van der Waals surface area (Å²) < 4.78 is 5.19.